The lowest BCUT2D eigenvalue weighted by atomic mass is 10.2. The van der Waals surface area contributed by atoms with Gasteiger partial charge in [0.1, 0.15) is 5.15 Å². The SMILES string of the molecule is CCOc1cc(C=NNc2nc(Cl)c(Cl)cc2Cl)ccc1OCC(=O)N(C)C. The minimum absolute atomic E-state index is 0.0798. The average Bonchev–Trinajstić information content (AvgIpc) is 2.65. The summed E-state index contributed by atoms with van der Waals surface area (Å²) in [5.74, 6) is 1.10. The number of nitrogens with one attached hydrogen (secondary N) is 1. The predicted octanol–water partition coefficient (Wildman–Crippen LogP) is 4.35. The van der Waals surface area contributed by atoms with Crippen molar-refractivity contribution in [3.63, 3.8) is 0 Å². The molecule has 1 aromatic carbocycles. The van der Waals surface area contributed by atoms with Crippen LogP contribution in [0.2, 0.25) is 15.2 Å². The summed E-state index contributed by atoms with van der Waals surface area (Å²) in [5.41, 5.74) is 3.44. The van der Waals surface area contributed by atoms with E-state index in [-0.39, 0.29) is 33.5 Å². The van der Waals surface area contributed by atoms with Gasteiger partial charge in [0.2, 0.25) is 0 Å². The second-order valence-corrected chi connectivity index (χ2v) is 6.85. The number of anilines is 1. The fourth-order valence-electron chi connectivity index (χ4n) is 1.95. The lowest BCUT2D eigenvalue weighted by Gasteiger charge is -2.14. The van der Waals surface area contributed by atoms with Crippen molar-refractivity contribution in [3.8, 4) is 11.5 Å². The molecule has 0 saturated carbocycles. The molecule has 1 aromatic heterocycles. The summed E-state index contributed by atoms with van der Waals surface area (Å²) >= 11 is 17.8. The normalized spacial score (nSPS) is 10.8. The van der Waals surface area contributed by atoms with Crippen LogP contribution in [0, 0.1) is 0 Å². The van der Waals surface area contributed by atoms with E-state index in [0.29, 0.717) is 18.1 Å². The lowest BCUT2D eigenvalue weighted by Crippen LogP contribution is -2.27. The van der Waals surface area contributed by atoms with Gasteiger partial charge in [-0.25, -0.2) is 4.98 Å². The van der Waals surface area contributed by atoms with Crippen molar-refractivity contribution in [3.05, 3.63) is 45.0 Å². The second kappa shape index (κ2) is 10.4. The Hall–Kier alpha value is -2.22. The molecule has 0 radical (unpaired) electrons. The molecule has 0 unspecified atom stereocenters. The Morgan fingerprint density at radius 2 is 1.93 bits per heavy atom. The Kier molecular flexibility index (Phi) is 8.17. The smallest absolute Gasteiger partial charge is 0.259 e. The first-order valence-corrected chi connectivity index (χ1v) is 9.35. The molecule has 0 fully saturated rings. The Morgan fingerprint density at radius 1 is 1.18 bits per heavy atom. The Morgan fingerprint density at radius 3 is 2.61 bits per heavy atom. The molecule has 0 aliphatic carbocycles. The predicted molar refractivity (Wildman–Crippen MR) is 112 cm³/mol. The van der Waals surface area contributed by atoms with Gasteiger partial charge in [0, 0.05) is 14.1 Å². The summed E-state index contributed by atoms with van der Waals surface area (Å²) in [6, 6.07) is 6.70. The third kappa shape index (κ3) is 6.15. The molecule has 7 nitrogen and oxygen atoms in total. The molecule has 1 amide bonds. The van der Waals surface area contributed by atoms with E-state index in [9.17, 15) is 4.79 Å². The van der Waals surface area contributed by atoms with E-state index in [4.69, 9.17) is 44.3 Å². The molecular formula is C18H19Cl3N4O3. The summed E-state index contributed by atoms with van der Waals surface area (Å²) in [7, 11) is 3.33. The Labute approximate surface area is 178 Å². The van der Waals surface area contributed by atoms with E-state index < -0.39 is 0 Å². The van der Waals surface area contributed by atoms with E-state index in [0.717, 1.165) is 5.56 Å². The Balaban J connectivity index is 2.11. The fraction of sp³-hybridized carbons (Fsp3) is 0.278. The van der Waals surface area contributed by atoms with Gasteiger partial charge in [-0.1, -0.05) is 34.8 Å². The van der Waals surface area contributed by atoms with Gasteiger partial charge in [0.25, 0.3) is 5.91 Å². The van der Waals surface area contributed by atoms with Gasteiger partial charge in [-0.2, -0.15) is 5.10 Å². The molecule has 0 aliphatic heterocycles. The van der Waals surface area contributed by atoms with Gasteiger partial charge in [0.15, 0.2) is 23.9 Å². The van der Waals surface area contributed by atoms with Crippen LogP contribution in [0.5, 0.6) is 11.5 Å². The van der Waals surface area contributed by atoms with Gasteiger partial charge in [0.05, 0.1) is 22.9 Å². The zero-order valence-corrected chi connectivity index (χ0v) is 17.8. The Bertz CT molecular complexity index is 875. The first-order valence-electron chi connectivity index (χ1n) is 8.22. The number of hydrogen-bond donors (Lipinski definition) is 1. The number of hydrogen-bond acceptors (Lipinski definition) is 6. The van der Waals surface area contributed by atoms with E-state index in [1.165, 1.54) is 11.0 Å². The van der Waals surface area contributed by atoms with Crippen LogP contribution in [0.25, 0.3) is 0 Å². The van der Waals surface area contributed by atoms with Crippen LogP contribution in [0.3, 0.4) is 0 Å². The highest BCUT2D eigenvalue weighted by atomic mass is 35.5. The molecule has 0 aliphatic rings. The highest BCUT2D eigenvalue weighted by Gasteiger charge is 2.10. The monoisotopic (exact) mass is 444 g/mol. The number of ether oxygens (including phenoxy) is 2. The molecule has 2 rings (SSSR count). The first-order chi connectivity index (χ1) is 13.3. The van der Waals surface area contributed by atoms with Gasteiger partial charge < -0.3 is 14.4 Å². The maximum absolute atomic E-state index is 11.7. The fourth-order valence-corrected chi connectivity index (χ4v) is 2.49. The molecule has 28 heavy (non-hydrogen) atoms. The van der Waals surface area contributed by atoms with Crippen LogP contribution < -0.4 is 14.9 Å². The molecule has 0 atom stereocenters. The minimum atomic E-state index is -0.150. The highest BCUT2D eigenvalue weighted by Crippen LogP contribution is 2.29. The van der Waals surface area contributed by atoms with Crippen molar-refractivity contribution < 1.29 is 14.3 Å². The first kappa shape index (κ1) is 22.1. The maximum atomic E-state index is 11.7. The average molecular weight is 446 g/mol. The van der Waals surface area contributed by atoms with Crippen LogP contribution in [-0.2, 0) is 4.79 Å². The van der Waals surface area contributed by atoms with Gasteiger partial charge >= 0.3 is 0 Å². The molecule has 1 heterocycles. The van der Waals surface area contributed by atoms with Crippen molar-refractivity contribution >= 4 is 52.7 Å². The van der Waals surface area contributed by atoms with Crippen LogP contribution in [0.1, 0.15) is 12.5 Å². The molecule has 0 spiro atoms. The summed E-state index contributed by atoms with van der Waals surface area (Å²) in [6.45, 7) is 2.22. The molecular weight excluding hydrogens is 427 g/mol. The number of aromatic nitrogens is 1. The third-order valence-corrected chi connectivity index (χ3v) is 4.35. The summed E-state index contributed by atoms with van der Waals surface area (Å²) in [4.78, 5) is 17.2. The van der Waals surface area contributed by atoms with Crippen molar-refractivity contribution in [2.75, 3.05) is 32.7 Å². The number of benzene rings is 1. The standard InChI is InChI=1S/C18H19Cl3N4O3/c1-4-27-15-7-11(5-6-14(15)28-10-16(26)25(2)3)9-22-24-18-13(20)8-12(19)17(21)23-18/h5-9H,4,10H2,1-3H3,(H,23,24). The molecule has 0 saturated heterocycles. The van der Waals surface area contributed by atoms with Crippen LogP contribution in [0.15, 0.2) is 29.4 Å². The second-order valence-electron chi connectivity index (χ2n) is 5.68. The number of likely N-dealkylation sites (N-methyl/N-ethyl adjacent to an activating group) is 1. The van der Waals surface area contributed by atoms with Gasteiger partial charge in [-0.3, -0.25) is 10.2 Å². The molecule has 10 heteroatoms. The largest absolute Gasteiger partial charge is 0.490 e. The molecule has 150 valence electrons. The van der Waals surface area contributed by atoms with E-state index >= 15 is 0 Å². The third-order valence-electron chi connectivity index (χ3n) is 3.39. The lowest BCUT2D eigenvalue weighted by molar-refractivity contribution is -0.130. The number of nitrogens with zero attached hydrogens (tertiary/aromatic N) is 3. The van der Waals surface area contributed by atoms with E-state index in [1.54, 1.807) is 38.5 Å². The van der Waals surface area contributed by atoms with Crippen LogP contribution in [0.4, 0.5) is 5.82 Å². The molecule has 1 N–H and O–H groups in total. The van der Waals surface area contributed by atoms with Crippen molar-refractivity contribution in [2.45, 2.75) is 6.92 Å². The zero-order chi connectivity index (χ0) is 20.7. The van der Waals surface area contributed by atoms with Crippen LogP contribution >= 0.6 is 34.8 Å². The number of hydrazone groups is 1. The van der Waals surface area contributed by atoms with E-state index in [2.05, 4.69) is 15.5 Å². The van der Waals surface area contributed by atoms with Crippen molar-refractivity contribution in [1.82, 2.24) is 9.88 Å². The number of amides is 1. The number of carbonyl (C=O) groups excluding carboxylic acids is 1. The number of halogens is 3. The van der Waals surface area contributed by atoms with Crippen molar-refractivity contribution in [1.29, 1.82) is 0 Å². The minimum Gasteiger partial charge on any atom is -0.490 e. The van der Waals surface area contributed by atoms with Gasteiger partial charge in [-0.05, 0) is 36.8 Å². The quantitative estimate of drug-likeness (QED) is 0.371. The molecule has 2 aromatic rings. The summed E-state index contributed by atoms with van der Waals surface area (Å²) in [6.07, 6.45) is 1.55. The topological polar surface area (TPSA) is 76.0 Å². The number of rotatable bonds is 8. The summed E-state index contributed by atoms with van der Waals surface area (Å²) < 4.78 is 11.1. The number of carbonyl (C=O) groups is 1. The zero-order valence-electron chi connectivity index (χ0n) is 15.5. The van der Waals surface area contributed by atoms with E-state index in [1.807, 2.05) is 6.92 Å². The highest BCUT2D eigenvalue weighted by molar-refractivity contribution is 6.42. The number of pyridine rings is 1. The van der Waals surface area contributed by atoms with Crippen molar-refractivity contribution in [2.24, 2.45) is 5.10 Å². The molecule has 0 bridgehead atoms. The van der Waals surface area contributed by atoms with Gasteiger partial charge in [-0.15, -0.1) is 0 Å². The maximum Gasteiger partial charge on any atom is 0.259 e. The summed E-state index contributed by atoms with van der Waals surface area (Å²) in [5, 5.41) is 4.76. The van der Waals surface area contributed by atoms with Crippen LogP contribution in [-0.4, -0.2) is 49.3 Å².